The number of esters is 1. The molecule has 1 aromatic heterocycles. The molecule has 2 atom stereocenters. The van der Waals surface area contributed by atoms with Crippen LogP contribution >= 0.6 is 11.8 Å². The minimum atomic E-state index is -0.528. The highest BCUT2D eigenvalue weighted by Gasteiger charge is 2.38. The molecule has 0 unspecified atom stereocenters. The zero-order valence-corrected chi connectivity index (χ0v) is 20.4. The third-order valence-electron chi connectivity index (χ3n) is 6.12. The van der Waals surface area contributed by atoms with Gasteiger partial charge in [0.25, 0.3) is 0 Å². The van der Waals surface area contributed by atoms with E-state index in [2.05, 4.69) is 51.7 Å². The molecule has 34 heavy (non-hydrogen) atoms. The monoisotopic (exact) mass is 479 g/mol. The summed E-state index contributed by atoms with van der Waals surface area (Å²) in [6, 6.07) is 15.9. The van der Waals surface area contributed by atoms with Crippen molar-refractivity contribution >= 4 is 29.3 Å². The van der Waals surface area contributed by atoms with Gasteiger partial charge in [-0.05, 0) is 48.4 Å². The number of nitrogens with one attached hydrogen (secondary N) is 1. The van der Waals surface area contributed by atoms with E-state index in [1.165, 1.54) is 12.7 Å². The van der Waals surface area contributed by atoms with Crippen molar-refractivity contribution in [3.05, 3.63) is 71.5 Å². The van der Waals surface area contributed by atoms with Crippen LogP contribution in [0.2, 0.25) is 0 Å². The molecular formula is C25H29N5O3S. The van der Waals surface area contributed by atoms with Crippen molar-refractivity contribution in [2.75, 3.05) is 25.2 Å². The zero-order valence-electron chi connectivity index (χ0n) is 19.6. The van der Waals surface area contributed by atoms with Gasteiger partial charge < -0.3 is 10.1 Å². The number of aromatic nitrogens is 3. The van der Waals surface area contributed by atoms with Crippen LogP contribution in [0.3, 0.4) is 0 Å². The molecule has 0 spiro atoms. The SMILES string of the molecule is CCc1ccc(CN2C[C@H](n3cc(C(=O)OC)nn3)C[C@H]2C(=O)Nc2cccc(SC)c2)cc1. The van der Waals surface area contributed by atoms with Crippen molar-refractivity contribution in [2.24, 2.45) is 0 Å². The summed E-state index contributed by atoms with van der Waals surface area (Å²) >= 11 is 1.63. The molecule has 3 aromatic rings. The Bertz CT molecular complexity index is 1150. The number of hydrogen-bond donors (Lipinski definition) is 1. The van der Waals surface area contributed by atoms with Crippen molar-refractivity contribution in [2.45, 2.75) is 43.3 Å². The average molecular weight is 480 g/mol. The number of amides is 1. The number of carbonyl (C=O) groups excluding carboxylic acids is 2. The third-order valence-corrected chi connectivity index (χ3v) is 6.84. The van der Waals surface area contributed by atoms with Crippen LogP contribution in [0, 0.1) is 0 Å². The zero-order chi connectivity index (χ0) is 24.1. The van der Waals surface area contributed by atoms with E-state index in [1.807, 2.05) is 30.5 Å². The molecule has 0 bridgehead atoms. The van der Waals surface area contributed by atoms with Gasteiger partial charge in [0.05, 0.1) is 25.4 Å². The number of methoxy groups -OCH3 is 1. The van der Waals surface area contributed by atoms with Gasteiger partial charge in [-0.15, -0.1) is 16.9 Å². The number of aryl methyl sites for hydroxylation is 1. The van der Waals surface area contributed by atoms with Crippen LogP contribution in [-0.2, 0) is 22.5 Å². The molecule has 0 saturated carbocycles. The van der Waals surface area contributed by atoms with Gasteiger partial charge in [0.1, 0.15) is 0 Å². The van der Waals surface area contributed by atoms with Crippen molar-refractivity contribution < 1.29 is 14.3 Å². The molecular weight excluding hydrogens is 450 g/mol. The van der Waals surface area contributed by atoms with E-state index >= 15 is 0 Å². The predicted octanol–water partition coefficient (Wildman–Crippen LogP) is 3.80. The van der Waals surface area contributed by atoms with E-state index < -0.39 is 5.97 Å². The second kappa shape index (κ2) is 10.8. The van der Waals surface area contributed by atoms with E-state index in [0.29, 0.717) is 19.5 Å². The lowest BCUT2D eigenvalue weighted by Crippen LogP contribution is -2.39. The molecule has 8 nitrogen and oxygen atoms in total. The Hall–Kier alpha value is -3.17. The topological polar surface area (TPSA) is 89.3 Å². The Balaban J connectivity index is 1.55. The first-order valence-corrected chi connectivity index (χ1v) is 12.5. The van der Waals surface area contributed by atoms with Crippen LogP contribution in [0.4, 0.5) is 5.69 Å². The van der Waals surface area contributed by atoms with E-state index in [0.717, 1.165) is 22.6 Å². The quantitative estimate of drug-likeness (QED) is 0.388. The van der Waals surface area contributed by atoms with Crippen LogP contribution in [0.5, 0.6) is 0 Å². The normalized spacial score (nSPS) is 18.1. The minimum Gasteiger partial charge on any atom is -0.464 e. The smallest absolute Gasteiger partial charge is 0.360 e. The second-order valence-corrected chi connectivity index (χ2v) is 9.18. The molecule has 1 fully saturated rings. The molecule has 1 aliphatic heterocycles. The maximum absolute atomic E-state index is 13.4. The second-order valence-electron chi connectivity index (χ2n) is 8.30. The number of hydrogen-bond acceptors (Lipinski definition) is 7. The standard InChI is InChI=1S/C25H29N5O3S/c1-4-17-8-10-18(11-9-17)14-29-15-20(30-16-22(27-28-30)25(32)33-2)13-23(29)24(31)26-19-6-5-7-21(12-19)34-3/h5-12,16,20,23H,4,13-15H2,1-3H3,(H,26,31)/t20-,23+/m1/s1. The average Bonchev–Trinajstić information content (AvgIpc) is 3.52. The first-order valence-electron chi connectivity index (χ1n) is 11.3. The number of carbonyl (C=O) groups is 2. The molecule has 1 aliphatic rings. The summed E-state index contributed by atoms with van der Waals surface area (Å²) in [6.45, 7) is 3.39. The summed E-state index contributed by atoms with van der Waals surface area (Å²) in [7, 11) is 1.31. The molecule has 9 heteroatoms. The highest BCUT2D eigenvalue weighted by atomic mass is 32.2. The highest BCUT2D eigenvalue weighted by molar-refractivity contribution is 7.98. The Labute approximate surface area is 203 Å². The number of rotatable bonds is 8. The van der Waals surface area contributed by atoms with Crippen molar-refractivity contribution in [3.63, 3.8) is 0 Å². The predicted molar refractivity (Wildman–Crippen MR) is 132 cm³/mol. The first kappa shape index (κ1) is 24.0. The summed E-state index contributed by atoms with van der Waals surface area (Å²) in [5.41, 5.74) is 3.37. The molecule has 1 saturated heterocycles. The minimum absolute atomic E-state index is 0.0563. The lowest BCUT2D eigenvalue weighted by molar-refractivity contribution is -0.120. The summed E-state index contributed by atoms with van der Waals surface area (Å²) in [6.07, 6.45) is 5.15. The number of ether oxygens (including phenoxy) is 1. The maximum Gasteiger partial charge on any atom is 0.360 e. The molecule has 1 N–H and O–H groups in total. The van der Waals surface area contributed by atoms with Gasteiger partial charge in [0, 0.05) is 23.7 Å². The van der Waals surface area contributed by atoms with Crippen LogP contribution in [-0.4, -0.2) is 57.7 Å². The number of anilines is 1. The van der Waals surface area contributed by atoms with Crippen molar-refractivity contribution in [1.82, 2.24) is 19.9 Å². The molecule has 0 radical (unpaired) electrons. The maximum atomic E-state index is 13.4. The van der Waals surface area contributed by atoms with Gasteiger partial charge in [-0.3, -0.25) is 9.69 Å². The van der Waals surface area contributed by atoms with E-state index in [-0.39, 0.29) is 23.7 Å². The van der Waals surface area contributed by atoms with Crippen LogP contribution in [0.15, 0.2) is 59.6 Å². The van der Waals surface area contributed by atoms with Crippen LogP contribution in [0.1, 0.15) is 41.0 Å². The Morgan fingerprint density at radius 1 is 1.18 bits per heavy atom. The summed E-state index contributed by atoms with van der Waals surface area (Å²) < 4.78 is 6.41. The van der Waals surface area contributed by atoms with Gasteiger partial charge in [0.15, 0.2) is 5.69 Å². The molecule has 1 amide bonds. The third kappa shape index (κ3) is 5.48. The Morgan fingerprint density at radius 3 is 2.65 bits per heavy atom. The molecule has 4 rings (SSSR count). The summed E-state index contributed by atoms with van der Waals surface area (Å²) in [5, 5.41) is 11.2. The first-order chi connectivity index (χ1) is 16.5. The fourth-order valence-electron chi connectivity index (χ4n) is 4.21. The summed E-state index contributed by atoms with van der Waals surface area (Å²) in [4.78, 5) is 28.4. The lowest BCUT2D eigenvalue weighted by Gasteiger charge is -2.23. The van der Waals surface area contributed by atoms with Gasteiger partial charge in [0.2, 0.25) is 5.91 Å². The number of nitrogens with zero attached hydrogens (tertiary/aromatic N) is 4. The fourth-order valence-corrected chi connectivity index (χ4v) is 4.67. The number of benzene rings is 2. The molecule has 0 aliphatic carbocycles. The lowest BCUT2D eigenvalue weighted by atomic mass is 10.1. The van der Waals surface area contributed by atoms with Crippen LogP contribution < -0.4 is 5.32 Å². The Kier molecular flexibility index (Phi) is 7.64. The van der Waals surface area contributed by atoms with E-state index in [1.54, 1.807) is 22.6 Å². The van der Waals surface area contributed by atoms with Crippen molar-refractivity contribution in [1.29, 1.82) is 0 Å². The van der Waals surface area contributed by atoms with Gasteiger partial charge in [-0.2, -0.15) is 0 Å². The van der Waals surface area contributed by atoms with Gasteiger partial charge in [-0.1, -0.05) is 42.5 Å². The highest BCUT2D eigenvalue weighted by Crippen LogP contribution is 2.30. The van der Waals surface area contributed by atoms with Crippen LogP contribution in [0.25, 0.3) is 0 Å². The number of likely N-dealkylation sites (tertiary alicyclic amines) is 1. The van der Waals surface area contributed by atoms with Crippen molar-refractivity contribution in [3.8, 4) is 0 Å². The van der Waals surface area contributed by atoms with Gasteiger partial charge in [-0.25, -0.2) is 9.48 Å². The number of thioether (sulfide) groups is 1. The van der Waals surface area contributed by atoms with E-state index in [4.69, 9.17) is 4.74 Å². The molecule has 178 valence electrons. The fraction of sp³-hybridized carbons (Fsp3) is 0.360. The Morgan fingerprint density at radius 2 is 1.94 bits per heavy atom. The molecule has 2 heterocycles. The van der Waals surface area contributed by atoms with E-state index in [9.17, 15) is 9.59 Å². The summed E-state index contributed by atoms with van der Waals surface area (Å²) in [5.74, 6) is -0.584. The van der Waals surface area contributed by atoms with Gasteiger partial charge >= 0.3 is 5.97 Å². The largest absolute Gasteiger partial charge is 0.464 e. The molecule has 2 aromatic carbocycles.